The van der Waals surface area contributed by atoms with Crippen LogP contribution in [0.15, 0.2) is 6.20 Å². The third-order valence-electron chi connectivity index (χ3n) is 3.10. The van der Waals surface area contributed by atoms with Crippen LogP contribution in [0.1, 0.15) is 44.5 Å². The van der Waals surface area contributed by atoms with Crippen molar-refractivity contribution in [1.82, 2.24) is 15.2 Å². The summed E-state index contributed by atoms with van der Waals surface area (Å²) in [6.45, 7) is 13.2. The van der Waals surface area contributed by atoms with Crippen LogP contribution in [0.3, 0.4) is 0 Å². The highest BCUT2D eigenvalue weighted by Crippen LogP contribution is 2.26. The highest BCUT2D eigenvalue weighted by Gasteiger charge is 2.19. The molecule has 1 unspecified atom stereocenters. The number of rotatable bonds is 6. The molecular weight excluding hydrogens is 254 g/mol. The molecule has 4 heteroatoms. The third kappa shape index (κ3) is 5.59. The smallest absolute Gasteiger partial charge is 0.0981 e. The van der Waals surface area contributed by atoms with Crippen molar-refractivity contribution in [2.24, 2.45) is 5.92 Å². The molecule has 0 saturated heterocycles. The first-order valence-electron chi connectivity index (χ1n) is 7.03. The quantitative estimate of drug-likeness (QED) is 0.869. The zero-order chi connectivity index (χ0) is 14.6. The van der Waals surface area contributed by atoms with Gasteiger partial charge in [-0.2, -0.15) is 0 Å². The Kier molecular flexibility index (Phi) is 5.96. The van der Waals surface area contributed by atoms with Gasteiger partial charge in [0, 0.05) is 35.6 Å². The average Bonchev–Trinajstić information content (AvgIpc) is 2.71. The number of hydrogen-bond acceptors (Lipinski definition) is 4. The van der Waals surface area contributed by atoms with Gasteiger partial charge in [0.15, 0.2) is 0 Å². The predicted octanol–water partition coefficient (Wildman–Crippen LogP) is 3.12. The normalized spacial score (nSPS) is 14.4. The Labute approximate surface area is 122 Å². The fourth-order valence-electron chi connectivity index (χ4n) is 1.87. The Morgan fingerprint density at radius 2 is 1.95 bits per heavy atom. The fraction of sp³-hybridized carbons (Fsp3) is 0.800. The van der Waals surface area contributed by atoms with Gasteiger partial charge in [0.25, 0.3) is 0 Å². The summed E-state index contributed by atoms with van der Waals surface area (Å²) in [5, 5.41) is 4.88. The molecule has 0 aliphatic carbocycles. The van der Waals surface area contributed by atoms with Crippen LogP contribution in [0.2, 0.25) is 0 Å². The lowest BCUT2D eigenvalue weighted by molar-refractivity contribution is 0.288. The fourth-order valence-corrected chi connectivity index (χ4v) is 2.79. The summed E-state index contributed by atoms with van der Waals surface area (Å²) in [5.41, 5.74) is 0.157. The lowest BCUT2D eigenvalue weighted by Crippen LogP contribution is -2.41. The molecule has 1 atom stereocenters. The molecule has 1 N–H and O–H groups in total. The molecule has 3 nitrogen and oxygen atoms in total. The van der Waals surface area contributed by atoms with E-state index in [4.69, 9.17) is 0 Å². The highest BCUT2D eigenvalue weighted by molar-refractivity contribution is 7.11. The number of nitrogens with one attached hydrogen (secondary N) is 1. The second kappa shape index (κ2) is 6.82. The zero-order valence-electron chi connectivity index (χ0n) is 13.4. The zero-order valence-corrected chi connectivity index (χ0v) is 14.3. The van der Waals surface area contributed by atoms with Gasteiger partial charge >= 0.3 is 0 Å². The Bertz CT molecular complexity index is 377. The van der Waals surface area contributed by atoms with E-state index in [1.165, 1.54) is 9.88 Å². The molecule has 0 spiro atoms. The van der Waals surface area contributed by atoms with Crippen molar-refractivity contribution < 1.29 is 0 Å². The maximum atomic E-state index is 4.54. The second-order valence-corrected chi connectivity index (χ2v) is 7.99. The molecule has 0 aliphatic heterocycles. The summed E-state index contributed by atoms with van der Waals surface area (Å²) >= 11 is 1.83. The van der Waals surface area contributed by atoms with Gasteiger partial charge in [-0.25, -0.2) is 4.98 Å². The first kappa shape index (κ1) is 16.6. The van der Waals surface area contributed by atoms with E-state index in [0.29, 0.717) is 12.0 Å². The van der Waals surface area contributed by atoms with Crippen LogP contribution in [-0.2, 0) is 12.0 Å². The van der Waals surface area contributed by atoms with Crippen molar-refractivity contribution in [3.8, 4) is 0 Å². The van der Waals surface area contributed by atoms with Crippen LogP contribution in [0, 0.1) is 5.92 Å². The van der Waals surface area contributed by atoms with E-state index >= 15 is 0 Å². The molecule has 0 saturated carbocycles. The molecule has 1 heterocycles. The van der Waals surface area contributed by atoms with E-state index in [1.807, 2.05) is 17.5 Å². The van der Waals surface area contributed by atoms with Crippen molar-refractivity contribution in [1.29, 1.82) is 0 Å². The molecule has 19 heavy (non-hydrogen) atoms. The molecule has 0 amide bonds. The maximum absolute atomic E-state index is 4.54. The Hall–Kier alpha value is -0.450. The maximum Gasteiger partial charge on any atom is 0.0981 e. The Morgan fingerprint density at radius 1 is 1.32 bits per heavy atom. The van der Waals surface area contributed by atoms with E-state index in [-0.39, 0.29) is 5.41 Å². The first-order valence-corrected chi connectivity index (χ1v) is 7.85. The predicted molar refractivity (Wildman–Crippen MR) is 84.8 cm³/mol. The van der Waals surface area contributed by atoms with E-state index in [9.17, 15) is 0 Å². The molecule has 0 aromatic carbocycles. The number of likely N-dealkylation sites (N-methyl/N-ethyl adjacent to an activating group) is 1. The molecule has 1 aromatic rings. The molecular formula is C15H29N3S. The number of nitrogens with zero attached hydrogens (tertiary/aromatic N) is 2. The van der Waals surface area contributed by atoms with Crippen LogP contribution >= 0.6 is 11.3 Å². The van der Waals surface area contributed by atoms with Gasteiger partial charge in [0.2, 0.25) is 0 Å². The Morgan fingerprint density at radius 3 is 2.37 bits per heavy atom. The van der Waals surface area contributed by atoms with Crippen molar-refractivity contribution >= 4 is 11.3 Å². The van der Waals surface area contributed by atoms with Gasteiger partial charge in [-0.3, -0.25) is 0 Å². The Balaban J connectivity index is 2.57. The van der Waals surface area contributed by atoms with Crippen LogP contribution < -0.4 is 5.32 Å². The van der Waals surface area contributed by atoms with Crippen LogP contribution in [-0.4, -0.2) is 36.6 Å². The average molecular weight is 283 g/mol. The van der Waals surface area contributed by atoms with E-state index in [1.54, 1.807) is 0 Å². The number of thiazole rings is 1. The minimum Gasteiger partial charge on any atom is -0.308 e. The minimum absolute atomic E-state index is 0.157. The molecule has 1 aromatic heterocycles. The SMILES string of the molecule is CC(C)C(CN(C)C)NCc1cnc(C(C)(C)C)s1. The topological polar surface area (TPSA) is 28.2 Å². The van der Waals surface area contributed by atoms with Crippen molar-refractivity contribution in [2.45, 2.75) is 52.6 Å². The van der Waals surface area contributed by atoms with Gasteiger partial charge < -0.3 is 10.2 Å². The number of hydrogen-bond donors (Lipinski definition) is 1. The van der Waals surface area contributed by atoms with Crippen molar-refractivity contribution in [3.05, 3.63) is 16.1 Å². The summed E-state index contributed by atoms with van der Waals surface area (Å²) in [4.78, 5) is 8.11. The van der Waals surface area contributed by atoms with Crippen LogP contribution in [0.4, 0.5) is 0 Å². The van der Waals surface area contributed by atoms with Crippen LogP contribution in [0.5, 0.6) is 0 Å². The summed E-state index contributed by atoms with van der Waals surface area (Å²) in [6.07, 6.45) is 2.02. The molecule has 0 fully saturated rings. The van der Waals surface area contributed by atoms with Gasteiger partial charge in [-0.1, -0.05) is 34.6 Å². The third-order valence-corrected chi connectivity index (χ3v) is 4.52. The second-order valence-electron chi connectivity index (χ2n) is 6.88. The number of aromatic nitrogens is 1. The van der Waals surface area contributed by atoms with E-state index < -0.39 is 0 Å². The minimum atomic E-state index is 0.157. The standard InChI is InChI=1S/C15H29N3S/c1-11(2)13(10-18(6)7)16-8-12-9-17-14(19-12)15(3,4)5/h9,11,13,16H,8,10H2,1-7H3. The molecule has 0 bridgehead atoms. The van der Waals surface area contributed by atoms with Gasteiger partial charge in [-0.05, 0) is 20.0 Å². The van der Waals surface area contributed by atoms with Crippen molar-refractivity contribution in [3.63, 3.8) is 0 Å². The highest BCUT2D eigenvalue weighted by atomic mass is 32.1. The van der Waals surface area contributed by atoms with Gasteiger partial charge in [0.05, 0.1) is 5.01 Å². The lowest BCUT2D eigenvalue weighted by atomic mass is 9.98. The largest absolute Gasteiger partial charge is 0.308 e. The first-order chi connectivity index (χ1) is 8.70. The van der Waals surface area contributed by atoms with Gasteiger partial charge in [-0.15, -0.1) is 11.3 Å². The molecule has 0 aliphatic rings. The summed E-state index contributed by atoms with van der Waals surface area (Å²) in [5.74, 6) is 0.636. The van der Waals surface area contributed by atoms with Gasteiger partial charge in [0.1, 0.15) is 0 Å². The van der Waals surface area contributed by atoms with E-state index in [2.05, 4.69) is 63.9 Å². The lowest BCUT2D eigenvalue weighted by Gasteiger charge is -2.25. The molecule has 110 valence electrons. The summed E-state index contributed by atoms with van der Waals surface area (Å²) < 4.78 is 0. The van der Waals surface area contributed by atoms with Crippen molar-refractivity contribution in [2.75, 3.05) is 20.6 Å². The monoisotopic (exact) mass is 283 g/mol. The summed E-state index contributed by atoms with van der Waals surface area (Å²) in [7, 11) is 4.25. The van der Waals surface area contributed by atoms with Crippen LogP contribution in [0.25, 0.3) is 0 Å². The summed E-state index contributed by atoms with van der Waals surface area (Å²) in [6, 6.07) is 0.523. The van der Waals surface area contributed by atoms with E-state index in [0.717, 1.165) is 13.1 Å². The molecule has 1 rings (SSSR count). The molecule has 0 radical (unpaired) electrons.